The van der Waals surface area contributed by atoms with Crippen LogP contribution in [0.1, 0.15) is 27.1 Å². The fraction of sp³-hybridized carbons (Fsp3) is 0.227. The fourth-order valence-electron chi connectivity index (χ4n) is 3.01. The van der Waals surface area contributed by atoms with Gasteiger partial charge in [-0.1, -0.05) is 18.2 Å². The molecule has 0 unspecified atom stereocenters. The molecule has 1 fully saturated rings. The molecule has 2 N–H and O–H groups in total. The molecule has 10 nitrogen and oxygen atoms in total. The van der Waals surface area contributed by atoms with Gasteiger partial charge in [0.25, 0.3) is 11.8 Å². The summed E-state index contributed by atoms with van der Waals surface area (Å²) >= 11 is 0. The molecule has 0 saturated carbocycles. The molecule has 0 spiro atoms. The van der Waals surface area contributed by atoms with Gasteiger partial charge in [-0.3, -0.25) is 29.6 Å². The first-order valence-electron chi connectivity index (χ1n) is 9.68. The summed E-state index contributed by atoms with van der Waals surface area (Å²) in [6.45, 7) is -0.592. The number of carbonyl (C=O) groups is 5. The zero-order valence-electron chi connectivity index (χ0n) is 17.2. The average molecular weight is 439 g/mol. The third kappa shape index (κ3) is 5.69. The van der Waals surface area contributed by atoms with Crippen LogP contribution in [0.5, 0.6) is 0 Å². The van der Waals surface area contributed by atoms with Crippen molar-refractivity contribution in [3.05, 3.63) is 65.7 Å². The van der Waals surface area contributed by atoms with E-state index in [1.165, 1.54) is 31.4 Å². The van der Waals surface area contributed by atoms with Gasteiger partial charge in [0.1, 0.15) is 0 Å². The highest BCUT2D eigenvalue weighted by molar-refractivity contribution is 5.97. The molecule has 10 heteroatoms. The highest BCUT2D eigenvalue weighted by Crippen LogP contribution is 2.18. The summed E-state index contributed by atoms with van der Waals surface area (Å²) in [4.78, 5) is 60.0. The highest BCUT2D eigenvalue weighted by Gasteiger charge is 2.36. The number of nitrogens with zero attached hydrogens (tertiary/aromatic N) is 1. The van der Waals surface area contributed by atoms with E-state index in [4.69, 9.17) is 4.74 Å². The van der Waals surface area contributed by atoms with Crippen LogP contribution in [-0.4, -0.2) is 54.9 Å². The van der Waals surface area contributed by atoms with Crippen LogP contribution in [0.15, 0.2) is 54.6 Å². The molecule has 1 heterocycles. The van der Waals surface area contributed by atoms with E-state index in [0.29, 0.717) is 16.8 Å². The van der Waals surface area contributed by atoms with Gasteiger partial charge in [-0.05, 0) is 36.4 Å². The normalized spacial score (nSPS) is 15.1. The predicted molar refractivity (Wildman–Crippen MR) is 111 cm³/mol. The Balaban J connectivity index is 1.45. The fourth-order valence-corrected chi connectivity index (χ4v) is 3.01. The second-order valence-electron chi connectivity index (χ2n) is 6.94. The molecular weight excluding hydrogens is 418 g/mol. The lowest BCUT2D eigenvalue weighted by Crippen LogP contribution is -2.43. The number of anilines is 1. The van der Waals surface area contributed by atoms with E-state index >= 15 is 0 Å². The van der Waals surface area contributed by atoms with E-state index in [1.807, 2.05) is 0 Å². The SMILES string of the molecule is COC(=O)c1ccc(NC(=O)COC(=O)[C@H]2CC(=O)N(NC(=O)c3ccccc3)C2)cc1. The molecule has 1 atom stereocenters. The van der Waals surface area contributed by atoms with Crippen LogP contribution in [0.4, 0.5) is 5.69 Å². The number of methoxy groups -OCH3 is 1. The Morgan fingerprint density at radius 2 is 1.69 bits per heavy atom. The first-order chi connectivity index (χ1) is 15.4. The van der Waals surface area contributed by atoms with Crippen molar-refractivity contribution in [3.63, 3.8) is 0 Å². The van der Waals surface area contributed by atoms with E-state index in [0.717, 1.165) is 5.01 Å². The quantitative estimate of drug-likeness (QED) is 0.619. The van der Waals surface area contributed by atoms with E-state index in [1.54, 1.807) is 30.3 Å². The summed E-state index contributed by atoms with van der Waals surface area (Å²) in [7, 11) is 1.26. The van der Waals surface area contributed by atoms with Gasteiger partial charge in [-0.25, -0.2) is 4.79 Å². The van der Waals surface area contributed by atoms with Gasteiger partial charge < -0.3 is 14.8 Å². The second-order valence-corrected chi connectivity index (χ2v) is 6.94. The van der Waals surface area contributed by atoms with Gasteiger partial charge in [-0.15, -0.1) is 0 Å². The van der Waals surface area contributed by atoms with Crippen LogP contribution >= 0.6 is 0 Å². The van der Waals surface area contributed by atoms with Crippen LogP contribution in [-0.2, 0) is 23.9 Å². The summed E-state index contributed by atoms with van der Waals surface area (Å²) < 4.78 is 9.60. The number of rotatable bonds is 7. The molecule has 3 amide bonds. The molecular formula is C22H21N3O7. The first kappa shape index (κ1) is 22.5. The largest absolute Gasteiger partial charge is 0.465 e. The molecule has 0 radical (unpaired) electrons. The van der Waals surface area contributed by atoms with Crippen LogP contribution < -0.4 is 10.7 Å². The number of ether oxygens (including phenoxy) is 2. The Bertz CT molecular complexity index is 1020. The van der Waals surface area contributed by atoms with Crippen molar-refractivity contribution < 1.29 is 33.4 Å². The first-order valence-corrected chi connectivity index (χ1v) is 9.68. The average Bonchev–Trinajstić information content (AvgIpc) is 3.18. The molecule has 0 aromatic heterocycles. The van der Waals surface area contributed by atoms with Gasteiger partial charge in [0, 0.05) is 17.7 Å². The minimum absolute atomic E-state index is 0.0488. The standard InChI is InChI=1S/C22H21N3O7/c1-31-21(29)15-7-9-17(10-8-15)23-18(26)13-32-22(30)16-11-19(27)25(12-16)24-20(28)14-5-3-2-4-6-14/h2-10,16H,11-13H2,1H3,(H,23,26)(H,24,28)/t16-/m0/s1. The van der Waals surface area contributed by atoms with Crippen molar-refractivity contribution in [1.82, 2.24) is 10.4 Å². The highest BCUT2D eigenvalue weighted by atomic mass is 16.5. The van der Waals surface area contributed by atoms with Crippen molar-refractivity contribution >= 4 is 35.3 Å². The van der Waals surface area contributed by atoms with Crippen molar-refractivity contribution in [2.75, 3.05) is 25.6 Å². The number of esters is 2. The van der Waals surface area contributed by atoms with Gasteiger partial charge in [0.2, 0.25) is 5.91 Å². The lowest BCUT2D eigenvalue weighted by atomic mass is 10.1. The number of hydrogen-bond acceptors (Lipinski definition) is 7. The maximum Gasteiger partial charge on any atom is 0.337 e. The molecule has 32 heavy (non-hydrogen) atoms. The number of amides is 3. The van der Waals surface area contributed by atoms with E-state index in [-0.39, 0.29) is 13.0 Å². The van der Waals surface area contributed by atoms with Gasteiger partial charge in [-0.2, -0.15) is 0 Å². The minimum Gasteiger partial charge on any atom is -0.465 e. The summed E-state index contributed by atoms with van der Waals surface area (Å²) in [5.74, 6) is -3.49. The molecule has 1 aliphatic heterocycles. The van der Waals surface area contributed by atoms with E-state index in [9.17, 15) is 24.0 Å². The number of benzene rings is 2. The zero-order valence-corrected chi connectivity index (χ0v) is 17.2. The number of carbonyl (C=O) groups excluding carboxylic acids is 5. The van der Waals surface area contributed by atoms with Crippen molar-refractivity contribution in [3.8, 4) is 0 Å². The molecule has 0 bridgehead atoms. The smallest absolute Gasteiger partial charge is 0.337 e. The van der Waals surface area contributed by atoms with Crippen LogP contribution in [0, 0.1) is 5.92 Å². The maximum absolute atomic E-state index is 12.3. The van der Waals surface area contributed by atoms with Gasteiger partial charge >= 0.3 is 11.9 Å². The Labute approximate surface area is 183 Å². The van der Waals surface area contributed by atoms with Crippen LogP contribution in [0.25, 0.3) is 0 Å². The van der Waals surface area contributed by atoms with Crippen molar-refractivity contribution in [2.45, 2.75) is 6.42 Å². The van der Waals surface area contributed by atoms with Crippen molar-refractivity contribution in [1.29, 1.82) is 0 Å². The summed E-state index contributed by atoms with van der Waals surface area (Å²) in [6, 6.07) is 14.3. The van der Waals surface area contributed by atoms with Gasteiger partial charge in [0.05, 0.1) is 25.1 Å². The Morgan fingerprint density at radius 3 is 2.34 bits per heavy atom. The minimum atomic E-state index is -0.800. The number of hydrogen-bond donors (Lipinski definition) is 2. The predicted octanol–water partition coefficient (Wildman–Crippen LogP) is 1.15. The summed E-state index contributed by atoms with van der Waals surface area (Å²) in [5, 5.41) is 3.60. The number of hydrazine groups is 1. The molecule has 0 aliphatic carbocycles. The molecule has 2 aromatic carbocycles. The van der Waals surface area contributed by atoms with E-state index in [2.05, 4.69) is 15.5 Å². The molecule has 1 aliphatic rings. The number of nitrogens with one attached hydrogen (secondary N) is 2. The third-order valence-corrected chi connectivity index (χ3v) is 4.67. The van der Waals surface area contributed by atoms with Gasteiger partial charge in [0.15, 0.2) is 6.61 Å². The molecule has 2 aromatic rings. The van der Waals surface area contributed by atoms with Crippen LogP contribution in [0.3, 0.4) is 0 Å². The Hall–Kier alpha value is -4.21. The Kier molecular flexibility index (Phi) is 7.17. The molecule has 3 rings (SSSR count). The van der Waals surface area contributed by atoms with E-state index < -0.39 is 42.2 Å². The lowest BCUT2D eigenvalue weighted by Gasteiger charge is -2.17. The third-order valence-electron chi connectivity index (χ3n) is 4.67. The topological polar surface area (TPSA) is 131 Å². The molecule has 166 valence electrons. The van der Waals surface area contributed by atoms with Crippen molar-refractivity contribution in [2.24, 2.45) is 5.92 Å². The monoisotopic (exact) mass is 439 g/mol. The lowest BCUT2D eigenvalue weighted by molar-refractivity contribution is -0.151. The van der Waals surface area contributed by atoms with Crippen LogP contribution in [0.2, 0.25) is 0 Å². The Morgan fingerprint density at radius 1 is 1.00 bits per heavy atom. The zero-order chi connectivity index (χ0) is 23.1. The second kappa shape index (κ2) is 10.2. The molecule has 1 saturated heterocycles. The summed E-state index contributed by atoms with van der Waals surface area (Å²) in [6.07, 6.45) is -0.134. The summed E-state index contributed by atoms with van der Waals surface area (Å²) in [5.41, 5.74) is 3.58. The maximum atomic E-state index is 12.3.